The molecule has 1 amide bonds. The first-order valence-corrected chi connectivity index (χ1v) is 7.86. The number of anilines is 1. The van der Waals surface area contributed by atoms with E-state index < -0.39 is 0 Å². The van der Waals surface area contributed by atoms with Crippen LogP contribution in [0.1, 0.15) is 23.0 Å². The van der Waals surface area contributed by atoms with Crippen molar-refractivity contribution < 1.29 is 9.18 Å². The average molecular weight is 321 g/mol. The molecule has 0 aliphatic carbocycles. The Morgan fingerprint density at radius 2 is 1.88 bits per heavy atom. The van der Waals surface area contributed by atoms with Crippen molar-refractivity contribution in [1.82, 2.24) is 9.78 Å². The number of aromatic nitrogens is 2. The van der Waals surface area contributed by atoms with Gasteiger partial charge < -0.3 is 4.90 Å². The molecular weight excluding hydrogens is 305 g/mol. The van der Waals surface area contributed by atoms with Gasteiger partial charge >= 0.3 is 0 Å². The van der Waals surface area contributed by atoms with Crippen LogP contribution in [0.25, 0.3) is 5.69 Å². The zero-order chi connectivity index (χ0) is 16.7. The maximum atomic E-state index is 13.0. The largest absolute Gasteiger partial charge is 0.304 e. The van der Waals surface area contributed by atoms with Crippen molar-refractivity contribution >= 4 is 11.6 Å². The number of nitrogens with zero attached hydrogens (tertiary/aromatic N) is 3. The van der Waals surface area contributed by atoms with Gasteiger partial charge in [0, 0.05) is 17.9 Å². The standard InChI is InChI=1S/C19H16FN3O/c1-13-12-14-4-2-3-5-18(14)23(13)19(24)17-10-11-22(21-17)16-8-6-15(20)7-9-16/h2-11,13H,12H2,1H3/t13-/m1/s1. The lowest BCUT2D eigenvalue weighted by atomic mass is 10.1. The Morgan fingerprint density at radius 3 is 2.67 bits per heavy atom. The van der Waals surface area contributed by atoms with Gasteiger partial charge in [0.1, 0.15) is 5.82 Å². The zero-order valence-corrected chi connectivity index (χ0v) is 13.2. The van der Waals surface area contributed by atoms with Crippen LogP contribution in [0.2, 0.25) is 0 Å². The molecule has 2 heterocycles. The van der Waals surface area contributed by atoms with Gasteiger partial charge in [0.15, 0.2) is 5.69 Å². The Bertz CT molecular complexity index is 901. The van der Waals surface area contributed by atoms with E-state index >= 15 is 0 Å². The molecule has 1 aliphatic heterocycles. The van der Waals surface area contributed by atoms with Crippen molar-refractivity contribution in [2.75, 3.05) is 4.90 Å². The summed E-state index contributed by atoms with van der Waals surface area (Å²) in [6.07, 6.45) is 2.56. The van der Waals surface area contributed by atoms with E-state index in [0.717, 1.165) is 12.1 Å². The summed E-state index contributed by atoms with van der Waals surface area (Å²) in [6, 6.07) is 15.7. The average Bonchev–Trinajstić information content (AvgIpc) is 3.19. The monoisotopic (exact) mass is 321 g/mol. The summed E-state index contributed by atoms with van der Waals surface area (Å²) in [4.78, 5) is 14.7. The van der Waals surface area contributed by atoms with Gasteiger partial charge in [-0.1, -0.05) is 18.2 Å². The van der Waals surface area contributed by atoms with Crippen molar-refractivity contribution in [3.63, 3.8) is 0 Å². The van der Waals surface area contributed by atoms with Gasteiger partial charge in [-0.05, 0) is 55.3 Å². The van der Waals surface area contributed by atoms with E-state index in [2.05, 4.69) is 11.2 Å². The number of carbonyl (C=O) groups excluding carboxylic acids is 1. The fourth-order valence-corrected chi connectivity index (χ4v) is 3.17. The maximum Gasteiger partial charge on any atom is 0.279 e. The Morgan fingerprint density at radius 1 is 1.12 bits per heavy atom. The molecule has 0 radical (unpaired) electrons. The minimum Gasteiger partial charge on any atom is -0.304 e. The summed E-state index contributed by atoms with van der Waals surface area (Å²) in [6.45, 7) is 2.04. The van der Waals surface area contributed by atoms with Crippen LogP contribution in [0.5, 0.6) is 0 Å². The van der Waals surface area contributed by atoms with Gasteiger partial charge in [-0.25, -0.2) is 9.07 Å². The van der Waals surface area contributed by atoms with Crippen LogP contribution < -0.4 is 4.90 Å². The van der Waals surface area contributed by atoms with Crippen LogP contribution in [0.4, 0.5) is 10.1 Å². The molecule has 2 aromatic carbocycles. The lowest BCUT2D eigenvalue weighted by Gasteiger charge is -2.21. The SMILES string of the molecule is C[C@@H]1Cc2ccccc2N1C(=O)c1ccn(-c2ccc(F)cc2)n1. The van der Waals surface area contributed by atoms with Gasteiger partial charge in [-0.2, -0.15) is 5.10 Å². The van der Waals surface area contributed by atoms with E-state index in [9.17, 15) is 9.18 Å². The molecule has 1 aromatic heterocycles. The summed E-state index contributed by atoms with van der Waals surface area (Å²) in [5, 5.41) is 4.37. The first-order chi connectivity index (χ1) is 11.6. The third-order valence-electron chi connectivity index (χ3n) is 4.33. The van der Waals surface area contributed by atoms with Crippen LogP contribution in [-0.4, -0.2) is 21.7 Å². The van der Waals surface area contributed by atoms with Crippen LogP contribution >= 0.6 is 0 Å². The van der Waals surface area contributed by atoms with E-state index in [0.29, 0.717) is 11.4 Å². The maximum absolute atomic E-state index is 13.0. The molecule has 4 rings (SSSR count). The Hall–Kier alpha value is -2.95. The molecule has 0 bridgehead atoms. The fourth-order valence-electron chi connectivity index (χ4n) is 3.17. The summed E-state index contributed by atoms with van der Waals surface area (Å²) in [7, 11) is 0. The van der Waals surface area contributed by atoms with Gasteiger partial charge in [-0.3, -0.25) is 4.79 Å². The molecule has 120 valence electrons. The highest BCUT2D eigenvalue weighted by Crippen LogP contribution is 2.32. The zero-order valence-electron chi connectivity index (χ0n) is 13.2. The number of amides is 1. The van der Waals surface area contributed by atoms with E-state index in [-0.39, 0.29) is 17.8 Å². The van der Waals surface area contributed by atoms with Crippen LogP contribution in [-0.2, 0) is 6.42 Å². The van der Waals surface area contributed by atoms with Crippen molar-refractivity contribution in [3.8, 4) is 5.69 Å². The van der Waals surface area contributed by atoms with E-state index in [1.165, 1.54) is 17.7 Å². The Kier molecular flexibility index (Phi) is 3.41. The molecular formula is C19H16FN3O. The molecule has 3 aromatic rings. The quantitative estimate of drug-likeness (QED) is 0.723. The molecule has 24 heavy (non-hydrogen) atoms. The van der Waals surface area contributed by atoms with Crippen molar-refractivity contribution in [2.24, 2.45) is 0 Å². The topological polar surface area (TPSA) is 38.1 Å². The number of hydrogen-bond acceptors (Lipinski definition) is 2. The Labute approximate surface area is 139 Å². The van der Waals surface area contributed by atoms with E-state index in [1.54, 1.807) is 34.0 Å². The highest BCUT2D eigenvalue weighted by Gasteiger charge is 2.32. The minimum absolute atomic E-state index is 0.103. The highest BCUT2D eigenvalue weighted by atomic mass is 19.1. The van der Waals surface area contributed by atoms with E-state index in [1.807, 2.05) is 25.1 Å². The summed E-state index contributed by atoms with van der Waals surface area (Å²) >= 11 is 0. The predicted octanol–water partition coefficient (Wildman–Crippen LogP) is 3.60. The molecule has 1 atom stereocenters. The molecule has 0 saturated carbocycles. The second kappa shape index (κ2) is 5.60. The predicted molar refractivity (Wildman–Crippen MR) is 89.9 cm³/mol. The smallest absolute Gasteiger partial charge is 0.279 e. The number of fused-ring (bicyclic) bond motifs is 1. The second-order valence-electron chi connectivity index (χ2n) is 5.98. The van der Waals surface area contributed by atoms with Crippen LogP contribution in [0.3, 0.4) is 0 Å². The van der Waals surface area contributed by atoms with Gasteiger partial charge in [-0.15, -0.1) is 0 Å². The van der Waals surface area contributed by atoms with E-state index in [4.69, 9.17) is 0 Å². The van der Waals surface area contributed by atoms with Gasteiger partial charge in [0.25, 0.3) is 5.91 Å². The summed E-state index contributed by atoms with van der Waals surface area (Å²) in [5.74, 6) is -0.419. The van der Waals surface area contributed by atoms with Gasteiger partial charge in [0.05, 0.1) is 5.69 Å². The lowest BCUT2D eigenvalue weighted by Crippen LogP contribution is -2.36. The number of halogens is 1. The molecule has 0 unspecified atom stereocenters. The summed E-state index contributed by atoms with van der Waals surface area (Å²) in [5.41, 5.74) is 3.22. The second-order valence-corrected chi connectivity index (χ2v) is 5.98. The number of hydrogen-bond donors (Lipinski definition) is 0. The van der Waals surface area contributed by atoms with Crippen LogP contribution in [0.15, 0.2) is 60.8 Å². The third kappa shape index (κ3) is 2.38. The van der Waals surface area contributed by atoms with Gasteiger partial charge in [0.2, 0.25) is 0 Å². The van der Waals surface area contributed by atoms with Crippen LogP contribution in [0, 0.1) is 5.82 Å². The normalized spacial score (nSPS) is 16.2. The third-order valence-corrected chi connectivity index (χ3v) is 4.33. The molecule has 0 spiro atoms. The van der Waals surface area contributed by atoms with Crippen molar-refractivity contribution in [3.05, 3.63) is 77.9 Å². The molecule has 5 heteroatoms. The first kappa shape index (κ1) is 14.6. The molecule has 0 fully saturated rings. The lowest BCUT2D eigenvalue weighted by molar-refractivity contribution is 0.0976. The molecule has 1 aliphatic rings. The minimum atomic E-state index is -0.301. The molecule has 0 saturated heterocycles. The number of carbonyl (C=O) groups is 1. The van der Waals surface area contributed by atoms with Crippen molar-refractivity contribution in [2.45, 2.75) is 19.4 Å². The highest BCUT2D eigenvalue weighted by molar-refractivity contribution is 6.06. The Balaban J connectivity index is 1.65. The summed E-state index contributed by atoms with van der Waals surface area (Å²) < 4.78 is 14.6. The number of para-hydroxylation sites is 1. The number of rotatable bonds is 2. The molecule has 4 nitrogen and oxygen atoms in total. The van der Waals surface area contributed by atoms with Crippen molar-refractivity contribution in [1.29, 1.82) is 0 Å². The number of benzene rings is 2. The fraction of sp³-hybridized carbons (Fsp3) is 0.158. The molecule has 0 N–H and O–H groups in total. The first-order valence-electron chi connectivity index (χ1n) is 7.86.